The average Bonchev–Trinajstić information content (AvgIpc) is 2.41. The Balaban J connectivity index is 2.28. The smallest absolute Gasteiger partial charge is 0.288 e. The molecule has 6 nitrogen and oxygen atoms in total. The third-order valence-electron chi connectivity index (χ3n) is 2.39. The Morgan fingerprint density at radius 3 is 2.70 bits per heavy atom. The van der Waals surface area contributed by atoms with Crippen molar-refractivity contribution in [1.82, 2.24) is 4.98 Å². The van der Waals surface area contributed by atoms with Gasteiger partial charge < -0.3 is 5.32 Å². The summed E-state index contributed by atoms with van der Waals surface area (Å²) in [7, 11) is 0. The van der Waals surface area contributed by atoms with Crippen LogP contribution >= 0.6 is 11.6 Å². The lowest BCUT2D eigenvalue weighted by Crippen LogP contribution is -2.14. The molecule has 102 valence electrons. The number of nitro groups is 1. The van der Waals surface area contributed by atoms with Crippen LogP contribution in [0.4, 0.5) is 15.9 Å². The summed E-state index contributed by atoms with van der Waals surface area (Å²) in [5, 5.41) is 12.8. The molecule has 0 aliphatic carbocycles. The maximum absolute atomic E-state index is 12.7. The molecule has 0 saturated heterocycles. The fourth-order valence-electron chi connectivity index (χ4n) is 1.47. The molecule has 0 unspecified atom stereocenters. The monoisotopic (exact) mass is 295 g/mol. The second-order valence-corrected chi connectivity index (χ2v) is 4.09. The Morgan fingerprint density at radius 1 is 1.35 bits per heavy atom. The number of hydrogen-bond donors (Lipinski definition) is 1. The number of carbonyl (C=O) groups excluding carboxylic acids is 1. The number of halogens is 2. The highest BCUT2D eigenvalue weighted by Crippen LogP contribution is 2.28. The first-order chi connectivity index (χ1) is 9.49. The minimum absolute atomic E-state index is 0.0630. The quantitative estimate of drug-likeness (QED) is 0.696. The van der Waals surface area contributed by atoms with Gasteiger partial charge in [-0.3, -0.25) is 14.9 Å². The van der Waals surface area contributed by atoms with Crippen molar-refractivity contribution in [2.45, 2.75) is 0 Å². The Hall–Kier alpha value is -2.54. The number of nitro benzene ring substituents is 1. The normalized spacial score (nSPS) is 10.1. The number of nitrogens with one attached hydrogen (secondary N) is 1. The van der Waals surface area contributed by atoms with Crippen molar-refractivity contribution in [2.75, 3.05) is 5.32 Å². The van der Waals surface area contributed by atoms with Gasteiger partial charge in [0.05, 0.1) is 16.7 Å². The van der Waals surface area contributed by atoms with E-state index in [9.17, 15) is 19.3 Å². The van der Waals surface area contributed by atoms with Gasteiger partial charge in [0.25, 0.3) is 11.6 Å². The predicted molar refractivity (Wildman–Crippen MR) is 70.3 cm³/mol. The van der Waals surface area contributed by atoms with Crippen molar-refractivity contribution >= 4 is 29.0 Å². The maximum atomic E-state index is 12.7. The van der Waals surface area contributed by atoms with Crippen LogP contribution in [0.3, 0.4) is 0 Å². The van der Waals surface area contributed by atoms with Crippen LogP contribution in [0.5, 0.6) is 0 Å². The summed E-state index contributed by atoms with van der Waals surface area (Å²) in [5.74, 6) is -1.10. The van der Waals surface area contributed by atoms with Gasteiger partial charge in [0.1, 0.15) is 16.7 Å². The molecule has 1 aromatic carbocycles. The van der Waals surface area contributed by atoms with Crippen LogP contribution in [0.25, 0.3) is 0 Å². The van der Waals surface area contributed by atoms with Crippen molar-refractivity contribution in [1.29, 1.82) is 0 Å². The fourth-order valence-corrected chi connectivity index (χ4v) is 1.75. The van der Waals surface area contributed by atoms with E-state index in [4.69, 9.17) is 11.6 Å². The molecule has 1 N–H and O–H groups in total. The zero-order chi connectivity index (χ0) is 14.7. The standard InChI is InChI=1S/C12H7ClFN3O3/c13-11-8(2-1-3-9(11)17(19)20)12(18)16-10-5-4-7(14)6-15-10/h1-6H,(H,15,16,18). The molecule has 1 heterocycles. The number of aromatic nitrogens is 1. The number of amides is 1. The number of anilines is 1. The molecular formula is C12H7ClFN3O3. The highest BCUT2D eigenvalue weighted by Gasteiger charge is 2.20. The van der Waals surface area contributed by atoms with Gasteiger partial charge in [-0.1, -0.05) is 17.7 Å². The Morgan fingerprint density at radius 2 is 2.10 bits per heavy atom. The zero-order valence-electron chi connectivity index (χ0n) is 9.84. The zero-order valence-corrected chi connectivity index (χ0v) is 10.6. The van der Waals surface area contributed by atoms with E-state index in [2.05, 4.69) is 10.3 Å². The van der Waals surface area contributed by atoms with Gasteiger partial charge >= 0.3 is 0 Å². The first-order valence-electron chi connectivity index (χ1n) is 5.35. The number of hydrogen-bond acceptors (Lipinski definition) is 4. The lowest BCUT2D eigenvalue weighted by atomic mass is 10.2. The molecule has 20 heavy (non-hydrogen) atoms. The molecule has 0 spiro atoms. The largest absolute Gasteiger partial charge is 0.307 e. The Bertz CT molecular complexity index is 676. The topological polar surface area (TPSA) is 85.1 Å². The van der Waals surface area contributed by atoms with Crippen molar-refractivity contribution in [2.24, 2.45) is 0 Å². The third kappa shape index (κ3) is 2.89. The second kappa shape index (κ2) is 5.62. The van der Waals surface area contributed by atoms with Crippen molar-refractivity contribution in [3.05, 3.63) is 63.0 Å². The molecule has 2 rings (SSSR count). The maximum Gasteiger partial charge on any atom is 0.288 e. The SMILES string of the molecule is O=C(Nc1ccc(F)cn1)c1cccc([N+](=O)[O-])c1Cl. The van der Waals surface area contributed by atoms with E-state index in [0.29, 0.717) is 0 Å². The summed E-state index contributed by atoms with van der Waals surface area (Å²) < 4.78 is 12.7. The van der Waals surface area contributed by atoms with Gasteiger partial charge in [-0.2, -0.15) is 0 Å². The molecule has 1 aromatic heterocycles. The number of pyridine rings is 1. The molecule has 0 aliphatic rings. The van der Waals surface area contributed by atoms with Crippen LogP contribution in [-0.4, -0.2) is 15.8 Å². The number of rotatable bonds is 3. The molecular weight excluding hydrogens is 289 g/mol. The molecule has 0 atom stereocenters. The summed E-state index contributed by atoms with van der Waals surface area (Å²) in [6.07, 6.45) is 0.935. The number of nitrogens with zero attached hydrogens (tertiary/aromatic N) is 2. The molecule has 0 radical (unpaired) electrons. The van der Waals surface area contributed by atoms with Gasteiger partial charge in [-0.05, 0) is 18.2 Å². The van der Waals surface area contributed by atoms with Crippen molar-refractivity contribution in [3.63, 3.8) is 0 Å². The van der Waals surface area contributed by atoms with E-state index in [1.54, 1.807) is 0 Å². The predicted octanol–water partition coefficient (Wildman–Crippen LogP) is 3.03. The Kier molecular flexibility index (Phi) is 3.90. The van der Waals surface area contributed by atoms with Gasteiger partial charge in [-0.25, -0.2) is 9.37 Å². The van der Waals surface area contributed by atoms with Gasteiger partial charge in [-0.15, -0.1) is 0 Å². The minimum Gasteiger partial charge on any atom is -0.307 e. The molecule has 1 amide bonds. The molecule has 2 aromatic rings. The average molecular weight is 296 g/mol. The van der Waals surface area contributed by atoms with Crippen molar-refractivity contribution < 1.29 is 14.1 Å². The third-order valence-corrected chi connectivity index (χ3v) is 2.79. The second-order valence-electron chi connectivity index (χ2n) is 3.71. The van der Waals surface area contributed by atoms with Gasteiger partial charge in [0.2, 0.25) is 0 Å². The van der Waals surface area contributed by atoms with Crippen LogP contribution in [0.1, 0.15) is 10.4 Å². The van der Waals surface area contributed by atoms with E-state index in [1.807, 2.05) is 0 Å². The summed E-state index contributed by atoms with van der Waals surface area (Å²) in [6, 6.07) is 6.26. The summed E-state index contributed by atoms with van der Waals surface area (Å²) in [4.78, 5) is 25.6. The van der Waals surface area contributed by atoms with Crippen LogP contribution in [-0.2, 0) is 0 Å². The van der Waals surface area contributed by atoms with Gasteiger partial charge in [0, 0.05) is 6.07 Å². The van der Waals surface area contributed by atoms with E-state index in [1.165, 1.54) is 24.3 Å². The first kappa shape index (κ1) is 13.9. The van der Waals surface area contributed by atoms with E-state index >= 15 is 0 Å². The highest BCUT2D eigenvalue weighted by molar-refractivity contribution is 6.36. The molecule has 0 fully saturated rings. The molecule has 0 saturated carbocycles. The summed E-state index contributed by atoms with van der Waals surface area (Å²) >= 11 is 5.81. The minimum atomic E-state index is -0.685. The fraction of sp³-hybridized carbons (Fsp3) is 0. The number of carbonyl (C=O) groups is 1. The van der Waals surface area contributed by atoms with E-state index in [0.717, 1.165) is 12.3 Å². The van der Waals surface area contributed by atoms with E-state index in [-0.39, 0.29) is 22.1 Å². The molecule has 0 bridgehead atoms. The molecule has 8 heteroatoms. The molecule has 0 aliphatic heterocycles. The lowest BCUT2D eigenvalue weighted by Gasteiger charge is -2.06. The van der Waals surface area contributed by atoms with Crippen molar-refractivity contribution in [3.8, 4) is 0 Å². The van der Waals surface area contributed by atoms with Crippen LogP contribution in [0.15, 0.2) is 36.5 Å². The number of benzene rings is 1. The van der Waals surface area contributed by atoms with Crippen LogP contribution < -0.4 is 5.32 Å². The van der Waals surface area contributed by atoms with E-state index < -0.39 is 16.6 Å². The first-order valence-corrected chi connectivity index (χ1v) is 5.72. The Labute approximate surface area is 117 Å². The van der Waals surface area contributed by atoms with Gasteiger partial charge in [0.15, 0.2) is 0 Å². The highest BCUT2D eigenvalue weighted by atomic mass is 35.5. The summed E-state index contributed by atoms with van der Waals surface area (Å²) in [5.41, 5.74) is -0.432. The lowest BCUT2D eigenvalue weighted by molar-refractivity contribution is -0.384. The van der Waals surface area contributed by atoms with Crippen LogP contribution in [0.2, 0.25) is 5.02 Å². The summed E-state index contributed by atoms with van der Waals surface area (Å²) in [6.45, 7) is 0. The van der Waals surface area contributed by atoms with Crippen LogP contribution in [0, 0.1) is 15.9 Å².